The number of ether oxygens (including phenoxy) is 1. The number of benzene rings is 1. The molecule has 74 valence electrons. The van der Waals surface area contributed by atoms with Gasteiger partial charge in [-0.2, -0.15) is 0 Å². The van der Waals surface area contributed by atoms with Crippen LogP contribution in [0.3, 0.4) is 0 Å². The van der Waals surface area contributed by atoms with Crippen LogP contribution >= 0.6 is 0 Å². The first kappa shape index (κ1) is 9.06. The first-order valence-corrected chi connectivity index (χ1v) is 4.57. The fraction of sp³-hybridized carbons (Fsp3) is 0.364. The maximum atomic E-state index is 11.1. The second-order valence-corrected chi connectivity index (χ2v) is 3.77. The van der Waals surface area contributed by atoms with Crippen LogP contribution in [0.1, 0.15) is 25.3 Å². The number of carboxylic acids is 1. The topological polar surface area (TPSA) is 46.5 Å². The number of rotatable bonds is 1. The summed E-state index contributed by atoms with van der Waals surface area (Å²) in [6.07, 6.45) is 0. The fourth-order valence-electron chi connectivity index (χ4n) is 1.77. The van der Waals surface area contributed by atoms with Crippen LogP contribution in [0.5, 0.6) is 5.75 Å². The maximum absolute atomic E-state index is 11.1. The molecule has 2 rings (SSSR count). The fourth-order valence-corrected chi connectivity index (χ4v) is 1.77. The van der Waals surface area contributed by atoms with Crippen molar-refractivity contribution in [1.29, 1.82) is 0 Å². The summed E-state index contributed by atoms with van der Waals surface area (Å²) in [4.78, 5) is 11.1. The Bertz CT molecular complexity index is 386. The second kappa shape index (κ2) is 2.74. The van der Waals surface area contributed by atoms with Crippen molar-refractivity contribution in [2.75, 3.05) is 0 Å². The summed E-state index contributed by atoms with van der Waals surface area (Å²) in [6.45, 7) is 3.49. The van der Waals surface area contributed by atoms with E-state index in [1.807, 2.05) is 25.1 Å². The van der Waals surface area contributed by atoms with Crippen LogP contribution in [0.25, 0.3) is 0 Å². The van der Waals surface area contributed by atoms with Gasteiger partial charge in [-0.1, -0.05) is 25.1 Å². The molecule has 1 aliphatic rings. The Hall–Kier alpha value is -1.51. The van der Waals surface area contributed by atoms with Crippen molar-refractivity contribution < 1.29 is 14.6 Å². The van der Waals surface area contributed by atoms with E-state index >= 15 is 0 Å². The zero-order chi connectivity index (χ0) is 10.3. The van der Waals surface area contributed by atoms with E-state index in [0.29, 0.717) is 5.75 Å². The molecule has 1 aromatic rings. The molecule has 0 aromatic heterocycles. The molecule has 0 unspecified atom stereocenters. The van der Waals surface area contributed by atoms with E-state index in [2.05, 4.69) is 0 Å². The second-order valence-electron chi connectivity index (χ2n) is 3.77. The van der Waals surface area contributed by atoms with Crippen LogP contribution in [0.4, 0.5) is 0 Å². The monoisotopic (exact) mass is 192 g/mol. The number of para-hydroxylation sites is 1. The van der Waals surface area contributed by atoms with Crippen molar-refractivity contribution in [2.45, 2.75) is 25.4 Å². The molecule has 1 heterocycles. The third-order valence-corrected chi connectivity index (χ3v) is 2.96. The molecule has 0 saturated carbocycles. The molecular formula is C11H12O3. The molecule has 2 atom stereocenters. The van der Waals surface area contributed by atoms with Crippen LogP contribution in [0.2, 0.25) is 0 Å². The van der Waals surface area contributed by atoms with Gasteiger partial charge in [-0.25, -0.2) is 4.79 Å². The Morgan fingerprint density at radius 3 is 2.71 bits per heavy atom. The van der Waals surface area contributed by atoms with Gasteiger partial charge in [-0.3, -0.25) is 0 Å². The van der Waals surface area contributed by atoms with Gasteiger partial charge in [0.1, 0.15) is 5.75 Å². The van der Waals surface area contributed by atoms with Crippen molar-refractivity contribution in [1.82, 2.24) is 0 Å². The molecule has 0 aliphatic carbocycles. The van der Waals surface area contributed by atoms with Crippen molar-refractivity contribution in [3.05, 3.63) is 29.8 Å². The van der Waals surface area contributed by atoms with Gasteiger partial charge in [0.25, 0.3) is 0 Å². The quantitative estimate of drug-likeness (QED) is 0.740. The van der Waals surface area contributed by atoms with Gasteiger partial charge in [0.2, 0.25) is 5.60 Å². The minimum atomic E-state index is -1.12. The van der Waals surface area contributed by atoms with Gasteiger partial charge in [-0.05, 0) is 13.0 Å². The molecule has 0 bridgehead atoms. The molecule has 0 amide bonds. The number of carbonyl (C=O) groups is 1. The lowest BCUT2D eigenvalue weighted by molar-refractivity contribution is -0.153. The Balaban J connectivity index is 2.48. The minimum absolute atomic E-state index is 0.115. The summed E-state index contributed by atoms with van der Waals surface area (Å²) in [7, 11) is 0. The standard InChI is InChI=1S/C11H12O3/c1-7-8-5-3-4-6-9(8)14-11(7,2)10(12)13/h3-7H,1-2H3,(H,12,13)/t7-,11+/m1/s1. The largest absolute Gasteiger partial charge is 0.478 e. The molecule has 1 aliphatic heterocycles. The van der Waals surface area contributed by atoms with Crippen LogP contribution in [-0.2, 0) is 4.79 Å². The Labute approximate surface area is 82.3 Å². The highest BCUT2D eigenvalue weighted by atomic mass is 16.5. The SMILES string of the molecule is C[C@@H]1c2ccccc2O[C@]1(C)C(=O)O. The molecule has 0 saturated heterocycles. The molecule has 0 fully saturated rings. The van der Waals surface area contributed by atoms with E-state index in [1.165, 1.54) is 0 Å². The van der Waals surface area contributed by atoms with E-state index in [4.69, 9.17) is 9.84 Å². The van der Waals surface area contributed by atoms with Gasteiger partial charge >= 0.3 is 5.97 Å². The molecule has 0 radical (unpaired) electrons. The third kappa shape index (κ3) is 1.02. The Morgan fingerprint density at radius 1 is 1.50 bits per heavy atom. The van der Waals surface area contributed by atoms with E-state index < -0.39 is 11.6 Å². The average Bonchev–Trinajstić information content (AvgIpc) is 2.42. The molecule has 1 aromatic carbocycles. The lowest BCUT2D eigenvalue weighted by atomic mass is 9.87. The normalized spacial score (nSPS) is 29.4. The minimum Gasteiger partial charge on any atom is -0.478 e. The summed E-state index contributed by atoms with van der Waals surface area (Å²) in [5.41, 5.74) is -0.152. The van der Waals surface area contributed by atoms with E-state index in [1.54, 1.807) is 13.0 Å². The van der Waals surface area contributed by atoms with E-state index in [-0.39, 0.29) is 5.92 Å². The average molecular weight is 192 g/mol. The highest BCUT2D eigenvalue weighted by Gasteiger charge is 2.48. The van der Waals surface area contributed by atoms with E-state index in [9.17, 15) is 4.79 Å². The van der Waals surface area contributed by atoms with Crippen molar-refractivity contribution in [3.63, 3.8) is 0 Å². The molecule has 0 spiro atoms. The lowest BCUT2D eigenvalue weighted by Gasteiger charge is -2.23. The lowest BCUT2D eigenvalue weighted by Crippen LogP contribution is -2.42. The summed E-state index contributed by atoms with van der Waals surface area (Å²) in [5.74, 6) is -0.345. The van der Waals surface area contributed by atoms with Crippen molar-refractivity contribution >= 4 is 5.97 Å². The van der Waals surface area contributed by atoms with Crippen LogP contribution in [0, 0.1) is 0 Å². The molecule has 14 heavy (non-hydrogen) atoms. The number of carboxylic acid groups (broad SMARTS) is 1. The zero-order valence-corrected chi connectivity index (χ0v) is 8.15. The predicted molar refractivity (Wildman–Crippen MR) is 51.5 cm³/mol. The molecule has 1 N–H and O–H groups in total. The third-order valence-electron chi connectivity index (χ3n) is 2.96. The maximum Gasteiger partial charge on any atom is 0.348 e. The van der Waals surface area contributed by atoms with E-state index in [0.717, 1.165) is 5.56 Å². The summed E-state index contributed by atoms with van der Waals surface area (Å²) >= 11 is 0. The molecule has 3 nitrogen and oxygen atoms in total. The van der Waals surface area contributed by atoms with Gasteiger partial charge in [0.15, 0.2) is 0 Å². The van der Waals surface area contributed by atoms with Crippen molar-refractivity contribution in [3.8, 4) is 5.75 Å². The first-order valence-electron chi connectivity index (χ1n) is 4.57. The summed E-state index contributed by atoms with van der Waals surface area (Å²) < 4.78 is 5.47. The number of fused-ring (bicyclic) bond motifs is 1. The molecular weight excluding hydrogens is 180 g/mol. The van der Waals surface area contributed by atoms with Gasteiger partial charge in [0, 0.05) is 11.5 Å². The Morgan fingerprint density at radius 2 is 2.14 bits per heavy atom. The van der Waals surface area contributed by atoms with Crippen LogP contribution in [-0.4, -0.2) is 16.7 Å². The number of hydrogen-bond donors (Lipinski definition) is 1. The van der Waals surface area contributed by atoms with Gasteiger partial charge in [-0.15, -0.1) is 0 Å². The molecule has 3 heteroatoms. The van der Waals surface area contributed by atoms with Gasteiger partial charge in [0.05, 0.1) is 0 Å². The van der Waals surface area contributed by atoms with Crippen molar-refractivity contribution in [2.24, 2.45) is 0 Å². The smallest absolute Gasteiger partial charge is 0.348 e. The predicted octanol–water partition coefficient (Wildman–Crippen LogP) is 2.03. The summed E-state index contributed by atoms with van der Waals surface area (Å²) in [6, 6.07) is 7.46. The first-order chi connectivity index (χ1) is 6.55. The van der Waals surface area contributed by atoms with Gasteiger partial charge < -0.3 is 9.84 Å². The highest BCUT2D eigenvalue weighted by Crippen LogP contribution is 2.44. The number of hydrogen-bond acceptors (Lipinski definition) is 2. The summed E-state index contributed by atoms with van der Waals surface area (Å²) in [5, 5.41) is 9.09. The van der Waals surface area contributed by atoms with Crippen LogP contribution < -0.4 is 4.74 Å². The highest BCUT2D eigenvalue weighted by molar-refractivity contribution is 5.80. The Kier molecular flexibility index (Phi) is 1.77. The zero-order valence-electron chi connectivity index (χ0n) is 8.15. The van der Waals surface area contributed by atoms with Crippen LogP contribution in [0.15, 0.2) is 24.3 Å². The number of aliphatic carboxylic acids is 1.